The number of hydrogen-bond donors (Lipinski definition) is 0. The lowest BCUT2D eigenvalue weighted by Gasteiger charge is -2.08. The van der Waals surface area contributed by atoms with E-state index in [-0.39, 0.29) is 0 Å². The number of aromatic nitrogens is 2. The van der Waals surface area contributed by atoms with Crippen LogP contribution in [0, 0.1) is 0 Å². The minimum Gasteiger partial charge on any atom is -0.222 e. The molecule has 2 aromatic rings. The molecule has 0 saturated heterocycles. The highest BCUT2D eigenvalue weighted by Crippen LogP contribution is 2.35. The molecule has 0 unspecified atom stereocenters. The molecular weight excluding hydrogens is 301 g/mol. The van der Waals surface area contributed by atoms with Crippen molar-refractivity contribution >= 4 is 11.6 Å². The van der Waals surface area contributed by atoms with Gasteiger partial charge in [0, 0.05) is 5.92 Å². The zero-order chi connectivity index (χ0) is 15.0. The Morgan fingerprint density at radius 3 is 2.29 bits per heavy atom. The van der Waals surface area contributed by atoms with Crippen LogP contribution in [0.5, 0.6) is 0 Å². The number of rotatable bonds is 2. The molecule has 6 heteroatoms. The maximum Gasteiger partial charge on any atom is 0.416 e. The highest BCUT2D eigenvalue weighted by Gasteiger charge is 2.30. The van der Waals surface area contributed by atoms with Crippen LogP contribution in [-0.4, -0.2) is 9.78 Å². The fraction of sp³-hybridized carbons (Fsp3) is 0.400. The first-order valence-corrected chi connectivity index (χ1v) is 7.26. The van der Waals surface area contributed by atoms with Crippen LogP contribution in [0.4, 0.5) is 13.2 Å². The van der Waals surface area contributed by atoms with Gasteiger partial charge < -0.3 is 0 Å². The summed E-state index contributed by atoms with van der Waals surface area (Å²) in [5.41, 5.74) is 0.792. The van der Waals surface area contributed by atoms with Gasteiger partial charge in [0.2, 0.25) is 0 Å². The molecule has 0 radical (unpaired) electrons. The Labute approximate surface area is 125 Å². The van der Waals surface area contributed by atoms with Crippen molar-refractivity contribution in [2.45, 2.75) is 37.8 Å². The van der Waals surface area contributed by atoms with Gasteiger partial charge in [0.15, 0.2) is 0 Å². The van der Waals surface area contributed by atoms with Gasteiger partial charge in [0.05, 0.1) is 16.9 Å². The lowest BCUT2D eigenvalue weighted by molar-refractivity contribution is -0.137. The van der Waals surface area contributed by atoms with E-state index in [0.717, 1.165) is 30.7 Å². The Kier molecular flexibility index (Phi) is 3.69. The lowest BCUT2D eigenvalue weighted by Crippen LogP contribution is -2.05. The second kappa shape index (κ2) is 5.37. The normalized spacial score (nSPS) is 16.6. The SMILES string of the molecule is FC(F)(F)c1ccc(-n2nc(C3CCCC3)cc2Cl)cc1. The Morgan fingerprint density at radius 2 is 1.71 bits per heavy atom. The largest absolute Gasteiger partial charge is 0.416 e. The molecule has 0 N–H and O–H groups in total. The Morgan fingerprint density at radius 1 is 1.10 bits per heavy atom. The molecule has 2 nitrogen and oxygen atoms in total. The van der Waals surface area contributed by atoms with Gasteiger partial charge in [-0.15, -0.1) is 0 Å². The van der Waals surface area contributed by atoms with Gasteiger partial charge in [0.1, 0.15) is 5.15 Å². The maximum absolute atomic E-state index is 12.6. The second-order valence-electron chi connectivity index (χ2n) is 5.33. The van der Waals surface area contributed by atoms with Crippen LogP contribution in [0.25, 0.3) is 5.69 Å². The molecule has 1 aliphatic rings. The summed E-state index contributed by atoms with van der Waals surface area (Å²) in [4.78, 5) is 0. The fourth-order valence-corrected chi connectivity index (χ4v) is 3.02. The topological polar surface area (TPSA) is 17.8 Å². The first kappa shape index (κ1) is 14.4. The average molecular weight is 315 g/mol. The predicted molar refractivity (Wildman–Crippen MR) is 74.8 cm³/mol. The van der Waals surface area contributed by atoms with Crippen LogP contribution >= 0.6 is 11.6 Å². The van der Waals surface area contributed by atoms with Crippen LogP contribution in [-0.2, 0) is 6.18 Å². The van der Waals surface area contributed by atoms with E-state index < -0.39 is 11.7 Å². The number of halogens is 4. The van der Waals surface area contributed by atoms with Gasteiger partial charge in [-0.2, -0.15) is 18.3 Å². The zero-order valence-electron chi connectivity index (χ0n) is 11.2. The predicted octanol–water partition coefficient (Wildman–Crippen LogP) is 5.20. The summed E-state index contributed by atoms with van der Waals surface area (Å²) in [6.07, 6.45) is 0.243. The molecule has 1 aliphatic carbocycles. The summed E-state index contributed by atoms with van der Waals surface area (Å²) < 4.78 is 39.2. The molecule has 21 heavy (non-hydrogen) atoms. The van der Waals surface area contributed by atoms with Gasteiger partial charge in [-0.1, -0.05) is 24.4 Å². The Hall–Kier alpha value is -1.49. The summed E-state index contributed by atoms with van der Waals surface area (Å²) in [7, 11) is 0. The molecule has 0 amide bonds. The molecule has 0 bridgehead atoms. The molecule has 1 fully saturated rings. The Balaban J connectivity index is 1.89. The van der Waals surface area contributed by atoms with E-state index in [1.165, 1.54) is 29.7 Å². The number of benzene rings is 1. The molecule has 112 valence electrons. The van der Waals surface area contributed by atoms with Crippen molar-refractivity contribution in [1.29, 1.82) is 0 Å². The van der Waals surface area contributed by atoms with Crippen LogP contribution in [0.2, 0.25) is 5.15 Å². The third-order valence-electron chi connectivity index (χ3n) is 3.90. The molecule has 1 aromatic heterocycles. The summed E-state index contributed by atoms with van der Waals surface area (Å²) in [6, 6.07) is 6.68. The maximum atomic E-state index is 12.6. The van der Waals surface area contributed by atoms with Crippen molar-refractivity contribution in [2.24, 2.45) is 0 Å². The number of hydrogen-bond acceptors (Lipinski definition) is 1. The van der Waals surface area contributed by atoms with E-state index in [0.29, 0.717) is 16.8 Å². The van der Waals surface area contributed by atoms with Gasteiger partial charge in [-0.25, -0.2) is 4.68 Å². The van der Waals surface area contributed by atoms with E-state index in [2.05, 4.69) is 5.10 Å². The van der Waals surface area contributed by atoms with Crippen molar-refractivity contribution in [3.63, 3.8) is 0 Å². The summed E-state index contributed by atoms with van der Waals surface area (Å²) in [5, 5.41) is 4.88. The van der Waals surface area contributed by atoms with Crippen molar-refractivity contribution in [2.75, 3.05) is 0 Å². The van der Waals surface area contributed by atoms with Gasteiger partial charge >= 0.3 is 6.18 Å². The number of nitrogens with zero attached hydrogens (tertiary/aromatic N) is 2. The summed E-state index contributed by atoms with van der Waals surface area (Å²) in [5.74, 6) is 0.415. The minimum absolute atomic E-state index is 0.415. The van der Waals surface area contributed by atoms with Crippen molar-refractivity contribution < 1.29 is 13.2 Å². The molecule has 0 aliphatic heterocycles. The Bertz CT molecular complexity index is 625. The van der Waals surface area contributed by atoms with Crippen LogP contribution in [0.1, 0.15) is 42.9 Å². The van der Waals surface area contributed by atoms with Gasteiger partial charge in [0.25, 0.3) is 0 Å². The smallest absolute Gasteiger partial charge is 0.222 e. The van der Waals surface area contributed by atoms with E-state index in [1.54, 1.807) is 0 Å². The second-order valence-corrected chi connectivity index (χ2v) is 5.72. The lowest BCUT2D eigenvalue weighted by atomic mass is 10.1. The number of alkyl halides is 3. The quantitative estimate of drug-likeness (QED) is 0.744. The first-order chi connectivity index (χ1) is 9.95. The molecule has 1 heterocycles. The van der Waals surface area contributed by atoms with Gasteiger partial charge in [-0.05, 0) is 43.2 Å². The van der Waals surface area contributed by atoms with Crippen LogP contribution < -0.4 is 0 Å². The van der Waals surface area contributed by atoms with E-state index in [1.807, 2.05) is 6.07 Å². The molecule has 3 rings (SSSR count). The molecule has 1 aromatic carbocycles. The molecule has 1 saturated carbocycles. The summed E-state index contributed by atoms with van der Waals surface area (Å²) in [6.45, 7) is 0. The standard InChI is InChI=1S/C15H14ClF3N2/c16-14-9-13(10-3-1-2-4-10)20-21(14)12-7-5-11(6-8-12)15(17,18)19/h5-10H,1-4H2. The van der Waals surface area contributed by atoms with Crippen molar-refractivity contribution in [3.05, 3.63) is 46.7 Å². The molecular formula is C15H14ClF3N2. The fourth-order valence-electron chi connectivity index (χ4n) is 2.77. The third kappa shape index (κ3) is 2.93. The van der Waals surface area contributed by atoms with E-state index in [9.17, 15) is 13.2 Å². The van der Waals surface area contributed by atoms with E-state index in [4.69, 9.17) is 11.6 Å². The van der Waals surface area contributed by atoms with Crippen LogP contribution in [0.15, 0.2) is 30.3 Å². The minimum atomic E-state index is -4.33. The monoisotopic (exact) mass is 314 g/mol. The molecule has 0 atom stereocenters. The highest BCUT2D eigenvalue weighted by molar-refractivity contribution is 6.29. The van der Waals surface area contributed by atoms with E-state index >= 15 is 0 Å². The molecule has 0 spiro atoms. The highest BCUT2D eigenvalue weighted by atomic mass is 35.5. The third-order valence-corrected chi connectivity index (χ3v) is 4.17. The van der Waals surface area contributed by atoms with Crippen molar-refractivity contribution in [3.8, 4) is 5.69 Å². The zero-order valence-corrected chi connectivity index (χ0v) is 12.0. The first-order valence-electron chi connectivity index (χ1n) is 6.88. The summed E-state index contributed by atoms with van der Waals surface area (Å²) >= 11 is 6.17. The average Bonchev–Trinajstić information content (AvgIpc) is 3.07. The van der Waals surface area contributed by atoms with Crippen LogP contribution in [0.3, 0.4) is 0 Å². The van der Waals surface area contributed by atoms with Gasteiger partial charge in [-0.3, -0.25) is 0 Å². The van der Waals surface area contributed by atoms with Crippen molar-refractivity contribution in [1.82, 2.24) is 9.78 Å².